The van der Waals surface area contributed by atoms with Crippen molar-refractivity contribution < 1.29 is 14.9 Å². The molecule has 1 aromatic carbocycles. The normalized spacial score (nSPS) is 10.9. The third kappa shape index (κ3) is 2.10. The van der Waals surface area contributed by atoms with Gasteiger partial charge in [0.1, 0.15) is 17.6 Å². The van der Waals surface area contributed by atoms with Crippen molar-refractivity contribution in [1.29, 1.82) is 5.26 Å². The van der Waals surface area contributed by atoms with Crippen LogP contribution in [0.2, 0.25) is 0 Å². The van der Waals surface area contributed by atoms with Crippen molar-refractivity contribution in [2.75, 3.05) is 13.7 Å². The second-order valence-corrected chi connectivity index (χ2v) is 4.22. The van der Waals surface area contributed by atoms with Crippen molar-refractivity contribution in [3.63, 3.8) is 0 Å². The van der Waals surface area contributed by atoms with Crippen molar-refractivity contribution in [2.45, 2.75) is 19.3 Å². The maximum Gasteiger partial charge on any atom is 0.137 e. The van der Waals surface area contributed by atoms with Gasteiger partial charge in [0.2, 0.25) is 0 Å². The zero-order valence-electron chi connectivity index (χ0n) is 9.61. The van der Waals surface area contributed by atoms with Gasteiger partial charge in [-0.1, -0.05) is 13.8 Å². The number of hydrogen-bond donors (Lipinski definition) is 2. The summed E-state index contributed by atoms with van der Waals surface area (Å²) in [6.07, 6.45) is 0. The Bertz CT molecular complexity index is 433. The van der Waals surface area contributed by atoms with E-state index in [2.05, 4.69) is 0 Å². The highest BCUT2D eigenvalue weighted by molar-refractivity contribution is 5.53. The third-order valence-corrected chi connectivity index (χ3v) is 2.56. The Balaban J connectivity index is 3.43. The third-order valence-electron chi connectivity index (χ3n) is 2.56. The Morgan fingerprint density at radius 1 is 1.44 bits per heavy atom. The van der Waals surface area contributed by atoms with Crippen LogP contribution in [0.25, 0.3) is 0 Å². The topological polar surface area (TPSA) is 73.5 Å². The van der Waals surface area contributed by atoms with E-state index >= 15 is 0 Å². The van der Waals surface area contributed by atoms with Crippen LogP contribution in [0.15, 0.2) is 12.1 Å². The van der Waals surface area contributed by atoms with Gasteiger partial charge in [0, 0.05) is 17.0 Å². The van der Waals surface area contributed by atoms with E-state index in [1.54, 1.807) is 6.07 Å². The van der Waals surface area contributed by atoms with E-state index in [4.69, 9.17) is 10.00 Å². The number of aliphatic hydroxyl groups excluding tert-OH is 1. The molecular weight excluding hydrogens is 206 g/mol. The van der Waals surface area contributed by atoms with Gasteiger partial charge < -0.3 is 14.9 Å². The van der Waals surface area contributed by atoms with E-state index in [1.165, 1.54) is 13.2 Å². The van der Waals surface area contributed by atoms with Crippen LogP contribution < -0.4 is 4.74 Å². The lowest BCUT2D eigenvalue weighted by atomic mass is 9.84. The summed E-state index contributed by atoms with van der Waals surface area (Å²) in [5.41, 5.74) is 0.356. The highest BCUT2D eigenvalue weighted by Crippen LogP contribution is 2.35. The number of phenols is 1. The van der Waals surface area contributed by atoms with Crippen LogP contribution in [0.4, 0.5) is 0 Å². The van der Waals surface area contributed by atoms with Crippen molar-refractivity contribution in [3.8, 4) is 17.6 Å². The van der Waals surface area contributed by atoms with Gasteiger partial charge in [0.05, 0.1) is 19.3 Å². The fourth-order valence-electron chi connectivity index (χ4n) is 1.44. The molecule has 0 spiro atoms. The molecule has 2 N–H and O–H groups in total. The summed E-state index contributed by atoms with van der Waals surface area (Å²) in [7, 11) is 1.48. The summed E-state index contributed by atoms with van der Waals surface area (Å²) < 4.78 is 5.13. The van der Waals surface area contributed by atoms with E-state index < -0.39 is 5.41 Å². The molecule has 4 heteroatoms. The predicted octanol–water partition coefficient (Wildman–Crippen LogP) is 1.54. The minimum atomic E-state index is -0.523. The number of rotatable bonds is 3. The van der Waals surface area contributed by atoms with Crippen LogP contribution in [-0.4, -0.2) is 23.9 Å². The first-order valence-electron chi connectivity index (χ1n) is 4.88. The molecule has 0 fully saturated rings. The average molecular weight is 221 g/mol. The molecule has 0 radical (unpaired) electrons. The van der Waals surface area contributed by atoms with E-state index in [1.807, 2.05) is 19.9 Å². The number of methoxy groups -OCH3 is 1. The molecule has 0 aromatic heterocycles. The minimum absolute atomic E-state index is 0.0704. The summed E-state index contributed by atoms with van der Waals surface area (Å²) in [5.74, 6) is 0.354. The number of aliphatic hydroxyl groups is 1. The first-order chi connectivity index (χ1) is 7.46. The molecule has 0 heterocycles. The van der Waals surface area contributed by atoms with Gasteiger partial charge in [0.25, 0.3) is 0 Å². The fraction of sp³-hybridized carbons (Fsp3) is 0.417. The second-order valence-electron chi connectivity index (χ2n) is 4.22. The number of nitriles is 1. The zero-order valence-corrected chi connectivity index (χ0v) is 9.61. The summed E-state index contributed by atoms with van der Waals surface area (Å²) in [4.78, 5) is 0. The Morgan fingerprint density at radius 2 is 2.06 bits per heavy atom. The zero-order chi connectivity index (χ0) is 12.3. The molecule has 0 aliphatic heterocycles. The van der Waals surface area contributed by atoms with Gasteiger partial charge >= 0.3 is 0 Å². The molecule has 0 amide bonds. The standard InChI is InChI=1S/C12H15NO3/c1-12(2,7-14)9-4-8(6-13)10(15)5-11(9)16-3/h4-5,14-15H,7H2,1-3H3. The first kappa shape index (κ1) is 12.3. The van der Waals surface area contributed by atoms with Crippen molar-refractivity contribution in [1.82, 2.24) is 0 Å². The molecule has 0 aliphatic carbocycles. The van der Waals surface area contributed by atoms with E-state index in [-0.39, 0.29) is 17.9 Å². The molecule has 1 aromatic rings. The lowest BCUT2D eigenvalue weighted by Gasteiger charge is -2.25. The molecule has 0 unspecified atom stereocenters. The van der Waals surface area contributed by atoms with Crippen LogP contribution in [0.1, 0.15) is 25.0 Å². The number of phenolic OH excluding ortho intramolecular Hbond substituents is 1. The Morgan fingerprint density at radius 3 is 2.50 bits per heavy atom. The number of nitrogens with zero attached hydrogens (tertiary/aromatic N) is 1. The molecule has 0 aliphatic rings. The second kappa shape index (κ2) is 4.42. The predicted molar refractivity (Wildman–Crippen MR) is 59.5 cm³/mol. The number of ether oxygens (including phenoxy) is 1. The lowest BCUT2D eigenvalue weighted by Crippen LogP contribution is -2.23. The van der Waals surface area contributed by atoms with Gasteiger partial charge in [-0.3, -0.25) is 0 Å². The van der Waals surface area contributed by atoms with Gasteiger partial charge in [0.15, 0.2) is 0 Å². The van der Waals surface area contributed by atoms with E-state index in [0.29, 0.717) is 11.3 Å². The molecule has 1 rings (SSSR count). The van der Waals surface area contributed by atoms with Crippen LogP contribution in [-0.2, 0) is 5.41 Å². The van der Waals surface area contributed by atoms with Gasteiger partial charge in [-0.2, -0.15) is 5.26 Å². The Labute approximate surface area is 94.7 Å². The molecule has 0 saturated carbocycles. The quantitative estimate of drug-likeness (QED) is 0.812. The van der Waals surface area contributed by atoms with Gasteiger partial charge in [-0.15, -0.1) is 0 Å². The molecule has 0 atom stereocenters. The van der Waals surface area contributed by atoms with Crippen LogP contribution >= 0.6 is 0 Å². The molecule has 0 saturated heterocycles. The molecule has 4 nitrogen and oxygen atoms in total. The summed E-state index contributed by atoms with van der Waals surface area (Å²) >= 11 is 0. The minimum Gasteiger partial charge on any atom is -0.506 e. The van der Waals surface area contributed by atoms with Gasteiger partial charge in [-0.05, 0) is 6.07 Å². The lowest BCUT2D eigenvalue weighted by molar-refractivity contribution is 0.214. The van der Waals surface area contributed by atoms with Crippen LogP contribution in [0, 0.1) is 11.3 Å². The number of benzene rings is 1. The maximum absolute atomic E-state index is 9.52. The molecule has 0 bridgehead atoms. The largest absolute Gasteiger partial charge is 0.506 e. The SMILES string of the molecule is COc1cc(O)c(C#N)cc1C(C)(C)CO. The van der Waals surface area contributed by atoms with Crippen LogP contribution in [0.5, 0.6) is 11.5 Å². The summed E-state index contributed by atoms with van der Waals surface area (Å²) in [6, 6.07) is 4.84. The molecular formula is C12H15NO3. The number of aromatic hydroxyl groups is 1. The van der Waals surface area contributed by atoms with Crippen molar-refractivity contribution in [3.05, 3.63) is 23.3 Å². The van der Waals surface area contributed by atoms with Gasteiger partial charge in [-0.25, -0.2) is 0 Å². The van der Waals surface area contributed by atoms with Crippen LogP contribution in [0.3, 0.4) is 0 Å². The summed E-state index contributed by atoms with van der Waals surface area (Å²) in [6.45, 7) is 3.60. The smallest absolute Gasteiger partial charge is 0.137 e. The molecule has 16 heavy (non-hydrogen) atoms. The van der Waals surface area contributed by atoms with E-state index in [9.17, 15) is 10.2 Å². The maximum atomic E-state index is 9.52. The van der Waals surface area contributed by atoms with E-state index in [0.717, 1.165) is 0 Å². The average Bonchev–Trinajstić information content (AvgIpc) is 2.28. The summed E-state index contributed by atoms with van der Waals surface area (Å²) in [5, 5.41) is 27.7. The highest BCUT2D eigenvalue weighted by atomic mass is 16.5. The monoisotopic (exact) mass is 221 g/mol. The Hall–Kier alpha value is -1.73. The van der Waals surface area contributed by atoms with Crippen molar-refractivity contribution in [2.24, 2.45) is 0 Å². The highest BCUT2D eigenvalue weighted by Gasteiger charge is 2.25. The Kier molecular flexibility index (Phi) is 3.41. The first-order valence-corrected chi connectivity index (χ1v) is 4.88. The van der Waals surface area contributed by atoms with Crippen molar-refractivity contribution >= 4 is 0 Å². The fourth-order valence-corrected chi connectivity index (χ4v) is 1.44. The number of hydrogen-bond acceptors (Lipinski definition) is 4. The molecule has 86 valence electrons.